The summed E-state index contributed by atoms with van der Waals surface area (Å²) in [6, 6.07) is 28.7. The molecule has 5 rings (SSSR count). The van der Waals surface area contributed by atoms with E-state index in [0.29, 0.717) is 21.8 Å². The number of methoxy groups -OCH3 is 1. The van der Waals surface area contributed by atoms with Crippen LogP contribution < -0.4 is 9.75 Å². The molecule has 1 aromatic heterocycles. The lowest BCUT2D eigenvalue weighted by Gasteiger charge is -2.14. The third kappa shape index (κ3) is 5.50. The molecule has 0 spiro atoms. The maximum atomic E-state index is 13.6. The average Bonchev–Trinajstić information content (AvgIpc) is 3.36. The molecular weight excluding hydrogens is 550 g/mol. The van der Waals surface area contributed by atoms with Gasteiger partial charge in [-0.3, -0.25) is 9.59 Å². The van der Waals surface area contributed by atoms with E-state index in [2.05, 4.69) is 26.0 Å². The van der Waals surface area contributed by atoms with Gasteiger partial charge in [0.1, 0.15) is 5.75 Å². The van der Waals surface area contributed by atoms with Crippen LogP contribution in [0.5, 0.6) is 5.75 Å². The van der Waals surface area contributed by atoms with Gasteiger partial charge in [0.05, 0.1) is 23.5 Å². The molecule has 0 saturated heterocycles. The predicted molar refractivity (Wildman–Crippen MR) is 151 cm³/mol. The molecule has 8 heteroatoms. The molecule has 182 valence electrons. The van der Waals surface area contributed by atoms with Crippen LogP contribution in [0, 0.1) is 0 Å². The van der Waals surface area contributed by atoms with E-state index in [1.165, 1.54) is 16.3 Å². The molecule has 4 aromatic carbocycles. The second kappa shape index (κ2) is 10.9. The minimum Gasteiger partial charge on any atom is -0.497 e. The molecule has 0 fully saturated rings. The molecular formula is C29H20BrN3O3S. The van der Waals surface area contributed by atoms with E-state index < -0.39 is 0 Å². The molecule has 1 amide bonds. The van der Waals surface area contributed by atoms with Gasteiger partial charge in [-0.1, -0.05) is 69.7 Å². The van der Waals surface area contributed by atoms with Crippen molar-refractivity contribution in [3.63, 3.8) is 0 Å². The van der Waals surface area contributed by atoms with Gasteiger partial charge >= 0.3 is 0 Å². The number of ketones is 1. The molecule has 37 heavy (non-hydrogen) atoms. The first-order valence-corrected chi connectivity index (χ1v) is 12.9. The molecule has 1 heterocycles. The molecule has 0 N–H and O–H groups in total. The number of benzene rings is 4. The second-order valence-electron chi connectivity index (χ2n) is 8.02. The Morgan fingerprint density at radius 2 is 1.57 bits per heavy atom. The van der Waals surface area contributed by atoms with Gasteiger partial charge in [-0.15, -0.1) is 0 Å². The summed E-state index contributed by atoms with van der Waals surface area (Å²) in [5.41, 5.74) is 3.04. The largest absolute Gasteiger partial charge is 0.497 e. The summed E-state index contributed by atoms with van der Waals surface area (Å²) in [5, 5.41) is 6.23. The van der Waals surface area contributed by atoms with Gasteiger partial charge in [-0.05, 0) is 60.2 Å². The number of thiazole rings is 1. The maximum absolute atomic E-state index is 13.6. The molecule has 0 unspecified atom stereocenters. The number of halogens is 1. The van der Waals surface area contributed by atoms with Crippen molar-refractivity contribution in [3.8, 4) is 5.75 Å². The Balaban J connectivity index is 1.47. The fourth-order valence-electron chi connectivity index (χ4n) is 3.62. The van der Waals surface area contributed by atoms with Crippen LogP contribution in [0.15, 0.2) is 107 Å². The van der Waals surface area contributed by atoms with Gasteiger partial charge in [0.15, 0.2) is 5.78 Å². The number of nitrogens with zero attached hydrogens (tertiary/aromatic N) is 3. The quantitative estimate of drug-likeness (QED) is 0.120. The first-order chi connectivity index (χ1) is 18.0. The van der Waals surface area contributed by atoms with Crippen molar-refractivity contribution in [1.29, 1.82) is 0 Å². The van der Waals surface area contributed by atoms with Crippen molar-refractivity contribution in [2.75, 3.05) is 12.1 Å². The van der Waals surface area contributed by atoms with Gasteiger partial charge in [0, 0.05) is 21.2 Å². The summed E-state index contributed by atoms with van der Waals surface area (Å²) in [5.74, 6) is 0.263. The number of fused-ring (bicyclic) bond motifs is 1. The van der Waals surface area contributed by atoms with Crippen molar-refractivity contribution in [3.05, 3.63) is 124 Å². The van der Waals surface area contributed by atoms with Gasteiger partial charge in [0.2, 0.25) is 5.13 Å². The van der Waals surface area contributed by atoms with Crippen molar-refractivity contribution in [2.24, 2.45) is 5.10 Å². The van der Waals surface area contributed by atoms with Crippen LogP contribution in [0.1, 0.15) is 31.8 Å². The number of ether oxygens (including phenoxy) is 1. The first kappa shape index (κ1) is 24.5. The highest BCUT2D eigenvalue weighted by Crippen LogP contribution is 2.32. The number of hydrogen-bond acceptors (Lipinski definition) is 6. The molecule has 5 aromatic rings. The average molecular weight is 570 g/mol. The lowest BCUT2D eigenvalue weighted by Crippen LogP contribution is -2.25. The summed E-state index contributed by atoms with van der Waals surface area (Å²) < 4.78 is 7.06. The highest BCUT2D eigenvalue weighted by Gasteiger charge is 2.22. The van der Waals surface area contributed by atoms with Crippen LogP contribution >= 0.6 is 27.3 Å². The molecule has 0 aliphatic rings. The highest BCUT2D eigenvalue weighted by atomic mass is 79.9. The summed E-state index contributed by atoms with van der Waals surface area (Å²) in [6.07, 6.45) is 1.60. The zero-order valence-electron chi connectivity index (χ0n) is 19.7. The molecule has 0 aliphatic heterocycles. The number of hydrogen-bond donors (Lipinski definition) is 0. The number of carbonyl (C=O) groups is 2. The summed E-state index contributed by atoms with van der Waals surface area (Å²) >= 11 is 4.85. The lowest BCUT2D eigenvalue weighted by atomic mass is 10.0. The van der Waals surface area contributed by atoms with E-state index in [1.807, 2.05) is 60.7 Å². The smallest absolute Gasteiger partial charge is 0.280 e. The third-order valence-corrected chi connectivity index (χ3v) is 7.07. The summed E-state index contributed by atoms with van der Waals surface area (Å²) in [7, 11) is 1.60. The SMILES string of the molecule is COc1ccc(/C=N/N(C(=O)c2ccc(C(=O)c3ccccc3)cc2)c2nc3ccc(Br)cc3s2)cc1. The number of aromatic nitrogens is 1. The summed E-state index contributed by atoms with van der Waals surface area (Å²) in [4.78, 5) is 31.0. The third-order valence-electron chi connectivity index (χ3n) is 5.58. The van der Waals surface area contributed by atoms with Crippen molar-refractivity contribution < 1.29 is 14.3 Å². The van der Waals surface area contributed by atoms with Crippen LogP contribution in [0.3, 0.4) is 0 Å². The van der Waals surface area contributed by atoms with Crippen molar-refractivity contribution >= 4 is 60.5 Å². The van der Waals surface area contributed by atoms with E-state index in [4.69, 9.17) is 4.74 Å². The highest BCUT2D eigenvalue weighted by molar-refractivity contribution is 9.10. The predicted octanol–water partition coefficient (Wildman–Crippen LogP) is 6.98. The fraction of sp³-hybridized carbons (Fsp3) is 0.0345. The molecule has 0 saturated carbocycles. The summed E-state index contributed by atoms with van der Waals surface area (Å²) in [6.45, 7) is 0. The Hall–Kier alpha value is -4.14. The standard InChI is InChI=1S/C29H20BrN3O3S/c1-36-24-14-7-19(8-15-24)18-31-33(29-32-25-16-13-23(30)17-26(25)37-29)28(35)22-11-9-21(10-12-22)27(34)20-5-3-2-4-6-20/h2-18H,1H3/b31-18+. The van der Waals surface area contributed by atoms with Gasteiger partial charge in [0.25, 0.3) is 5.91 Å². The van der Waals surface area contributed by atoms with Crippen LogP contribution in [0.25, 0.3) is 10.2 Å². The normalized spacial score (nSPS) is 11.1. The van der Waals surface area contributed by atoms with Crippen LogP contribution in [0.4, 0.5) is 5.13 Å². The van der Waals surface area contributed by atoms with E-state index in [1.54, 1.807) is 49.7 Å². The topological polar surface area (TPSA) is 71.9 Å². The molecule has 0 aliphatic carbocycles. The zero-order chi connectivity index (χ0) is 25.8. The van der Waals surface area contributed by atoms with E-state index in [0.717, 1.165) is 26.0 Å². The second-order valence-corrected chi connectivity index (χ2v) is 9.94. The Morgan fingerprint density at radius 1 is 0.892 bits per heavy atom. The van der Waals surface area contributed by atoms with Crippen molar-refractivity contribution in [2.45, 2.75) is 0 Å². The van der Waals surface area contributed by atoms with Crippen molar-refractivity contribution in [1.82, 2.24) is 4.98 Å². The zero-order valence-corrected chi connectivity index (χ0v) is 22.1. The van der Waals surface area contributed by atoms with E-state index in [-0.39, 0.29) is 11.7 Å². The molecule has 0 atom stereocenters. The number of amides is 1. The minimum atomic E-state index is -0.360. The Morgan fingerprint density at radius 3 is 2.27 bits per heavy atom. The fourth-order valence-corrected chi connectivity index (χ4v) is 5.10. The molecule has 0 bridgehead atoms. The van der Waals surface area contributed by atoms with Gasteiger partial charge in [-0.25, -0.2) is 4.98 Å². The lowest BCUT2D eigenvalue weighted by molar-refractivity contribution is 0.0985. The maximum Gasteiger partial charge on any atom is 0.280 e. The van der Waals surface area contributed by atoms with E-state index >= 15 is 0 Å². The van der Waals surface area contributed by atoms with Gasteiger partial charge in [-0.2, -0.15) is 10.1 Å². The van der Waals surface area contributed by atoms with Crippen LogP contribution in [0.2, 0.25) is 0 Å². The number of rotatable bonds is 7. The number of hydrazone groups is 1. The Kier molecular flexibility index (Phi) is 7.20. The number of carbonyl (C=O) groups excluding carboxylic acids is 2. The Labute approximate surface area is 226 Å². The molecule has 6 nitrogen and oxygen atoms in total. The first-order valence-electron chi connectivity index (χ1n) is 11.3. The Bertz CT molecular complexity index is 1600. The number of anilines is 1. The van der Waals surface area contributed by atoms with Gasteiger partial charge < -0.3 is 4.74 Å². The minimum absolute atomic E-state index is 0.106. The monoisotopic (exact) mass is 569 g/mol. The van der Waals surface area contributed by atoms with E-state index in [9.17, 15) is 9.59 Å². The molecule has 0 radical (unpaired) electrons. The van der Waals surface area contributed by atoms with Crippen LogP contribution in [-0.4, -0.2) is 30.0 Å². The van der Waals surface area contributed by atoms with Crippen LogP contribution in [-0.2, 0) is 0 Å².